The third-order valence-corrected chi connectivity index (χ3v) is 2.96. The van der Waals surface area contributed by atoms with Crippen LogP contribution in [0.1, 0.15) is 9.88 Å². The molecule has 2 aromatic rings. The molecule has 0 amide bonds. The van der Waals surface area contributed by atoms with Gasteiger partial charge in [-0.05, 0) is 6.92 Å². The number of hydrogen-bond donors (Lipinski definition) is 1. The molecule has 0 bridgehead atoms. The van der Waals surface area contributed by atoms with Gasteiger partial charge in [-0.1, -0.05) is 0 Å². The highest BCUT2D eigenvalue weighted by atomic mass is 32.1. The molecule has 0 aliphatic carbocycles. The van der Waals surface area contributed by atoms with E-state index >= 15 is 0 Å². The molecular weight excluding hydrogens is 240 g/mol. The molecule has 2 rings (SSSR count). The summed E-state index contributed by atoms with van der Waals surface area (Å²) in [4.78, 5) is 19.4. The van der Waals surface area contributed by atoms with Crippen molar-refractivity contribution >= 4 is 22.8 Å². The SMILES string of the molecule is Cc1cnc(CNc2cc([N+](=O)[O-])ccn2)s1. The molecule has 0 spiro atoms. The molecule has 0 radical (unpaired) electrons. The topological polar surface area (TPSA) is 81.0 Å². The Morgan fingerprint density at radius 3 is 3.00 bits per heavy atom. The van der Waals surface area contributed by atoms with Crippen molar-refractivity contribution in [2.75, 3.05) is 5.32 Å². The van der Waals surface area contributed by atoms with Crippen LogP contribution in [0.5, 0.6) is 0 Å². The van der Waals surface area contributed by atoms with Gasteiger partial charge in [-0.2, -0.15) is 0 Å². The van der Waals surface area contributed by atoms with E-state index in [4.69, 9.17) is 0 Å². The van der Waals surface area contributed by atoms with Gasteiger partial charge in [0.25, 0.3) is 5.69 Å². The summed E-state index contributed by atoms with van der Waals surface area (Å²) >= 11 is 1.58. The van der Waals surface area contributed by atoms with Crippen molar-refractivity contribution in [3.8, 4) is 0 Å². The van der Waals surface area contributed by atoms with Crippen LogP contribution in [0, 0.1) is 17.0 Å². The standard InChI is InChI=1S/C10H10N4O2S/c1-7-5-13-10(17-7)6-12-9-4-8(14(15)16)2-3-11-9/h2-5H,6H2,1H3,(H,11,12). The summed E-state index contributed by atoms with van der Waals surface area (Å²) in [5.74, 6) is 0.479. The highest BCUT2D eigenvalue weighted by Crippen LogP contribution is 2.16. The van der Waals surface area contributed by atoms with Gasteiger partial charge >= 0.3 is 0 Å². The monoisotopic (exact) mass is 250 g/mol. The van der Waals surface area contributed by atoms with Crippen LogP contribution in [0.15, 0.2) is 24.5 Å². The van der Waals surface area contributed by atoms with Crippen molar-refractivity contribution in [3.63, 3.8) is 0 Å². The van der Waals surface area contributed by atoms with E-state index in [1.807, 2.05) is 6.92 Å². The molecule has 1 N–H and O–H groups in total. The molecule has 0 aliphatic rings. The number of aryl methyl sites for hydroxylation is 1. The summed E-state index contributed by atoms with van der Waals surface area (Å²) in [5.41, 5.74) is 0.0258. The lowest BCUT2D eigenvalue weighted by atomic mass is 10.4. The quantitative estimate of drug-likeness (QED) is 0.665. The van der Waals surface area contributed by atoms with Crippen LogP contribution in [0.4, 0.5) is 11.5 Å². The van der Waals surface area contributed by atoms with Crippen LogP contribution >= 0.6 is 11.3 Å². The second-order valence-electron chi connectivity index (χ2n) is 3.37. The number of nitrogens with one attached hydrogen (secondary N) is 1. The van der Waals surface area contributed by atoms with Crippen LogP contribution in [0.2, 0.25) is 0 Å². The number of thiazole rings is 1. The van der Waals surface area contributed by atoms with Gasteiger partial charge in [-0.25, -0.2) is 9.97 Å². The molecule has 0 unspecified atom stereocenters. The maximum Gasteiger partial charge on any atom is 0.274 e. The molecule has 2 aromatic heterocycles. The number of hydrogen-bond acceptors (Lipinski definition) is 6. The Bertz CT molecular complexity index is 541. The lowest BCUT2D eigenvalue weighted by Crippen LogP contribution is -2.01. The Balaban J connectivity index is 2.04. The second kappa shape index (κ2) is 4.88. The third-order valence-electron chi connectivity index (χ3n) is 2.04. The third kappa shape index (κ3) is 2.97. The summed E-state index contributed by atoms with van der Waals surface area (Å²) in [6.45, 7) is 2.50. The molecule has 17 heavy (non-hydrogen) atoms. The summed E-state index contributed by atoms with van der Waals surface area (Å²) < 4.78 is 0. The summed E-state index contributed by atoms with van der Waals surface area (Å²) in [5, 5.41) is 14.5. The van der Waals surface area contributed by atoms with Crippen molar-refractivity contribution in [1.29, 1.82) is 0 Å². The maximum atomic E-state index is 10.6. The molecule has 0 fully saturated rings. The largest absolute Gasteiger partial charge is 0.363 e. The van der Waals surface area contributed by atoms with E-state index in [-0.39, 0.29) is 5.69 Å². The van der Waals surface area contributed by atoms with E-state index in [2.05, 4.69) is 15.3 Å². The minimum absolute atomic E-state index is 0.0258. The predicted octanol–water partition coefficient (Wildman–Crippen LogP) is 2.37. The first-order valence-corrected chi connectivity index (χ1v) is 5.72. The zero-order chi connectivity index (χ0) is 12.3. The molecule has 0 aromatic carbocycles. The zero-order valence-corrected chi connectivity index (χ0v) is 9.90. The molecule has 6 nitrogen and oxygen atoms in total. The minimum Gasteiger partial charge on any atom is -0.363 e. The molecular formula is C10H10N4O2S. The fraction of sp³-hybridized carbons (Fsp3) is 0.200. The Labute approximate surface area is 102 Å². The molecule has 0 aliphatic heterocycles. The van der Waals surface area contributed by atoms with Crippen LogP contribution in [-0.2, 0) is 6.54 Å². The molecule has 0 atom stereocenters. The Hall–Kier alpha value is -2.02. The molecule has 88 valence electrons. The van der Waals surface area contributed by atoms with E-state index in [0.29, 0.717) is 12.4 Å². The average molecular weight is 250 g/mol. The van der Waals surface area contributed by atoms with Crippen LogP contribution in [0.3, 0.4) is 0 Å². The maximum absolute atomic E-state index is 10.6. The van der Waals surface area contributed by atoms with Crippen molar-refractivity contribution in [2.24, 2.45) is 0 Å². The summed E-state index contributed by atoms with van der Waals surface area (Å²) in [6.07, 6.45) is 3.20. The van der Waals surface area contributed by atoms with E-state index in [1.165, 1.54) is 18.3 Å². The van der Waals surface area contributed by atoms with Gasteiger partial charge in [-0.3, -0.25) is 10.1 Å². The first kappa shape index (κ1) is 11.5. The number of rotatable bonds is 4. The molecule has 7 heteroatoms. The number of nitrogens with zero attached hydrogens (tertiary/aromatic N) is 3. The van der Waals surface area contributed by atoms with Gasteiger partial charge in [0.05, 0.1) is 17.5 Å². The summed E-state index contributed by atoms with van der Waals surface area (Å²) in [7, 11) is 0. The van der Waals surface area contributed by atoms with Crippen molar-refractivity contribution in [1.82, 2.24) is 9.97 Å². The normalized spacial score (nSPS) is 10.2. The molecule has 0 saturated carbocycles. The smallest absolute Gasteiger partial charge is 0.274 e. The highest BCUT2D eigenvalue weighted by molar-refractivity contribution is 7.11. The second-order valence-corrected chi connectivity index (χ2v) is 4.69. The fourth-order valence-corrected chi connectivity index (χ4v) is 2.01. The Kier molecular flexibility index (Phi) is 3.29. The van der Waals surface area contributed by atoms with E-state index in [0.717, 1.165) is 9.88 Å². The zero-order valence-electron chi connectivity index (χ0n) is 9.08. The minimum atomic E-state index is -0.444. The lowest BCUT2D eigenvalue weighted by molar-refractivity contribution is -0.384. The molecule has 0 saturated heterocycles. The van der Waals surface area contributed by atoms with Gasteiger partial charge in [0.15, 0.2) is 0 Å². The number of anilines is 1. The number of pyridine rings is 1. The van der Waals surface area contributed by atoms with E-state index in [9.17, 15) is 10.1 Å². The average Bonchev–Trinajstić information content (AvgIpc) is 2.73. The predicted molar refractivity (Wildman–Crippen MR) is 65.1 cm³/mol. The lowest BCUT2D eigenvalue weighted by Gasteiger charge is -2.02. The number of aromatic nitrogens is 2. The van der Waals surface area contributed by atoms with Gasteiger partial charge in [0, 0.05) is 23.3 Å². The van der Waals surface area contributed by atoms with Gasteiger partial charge < -0.3 is 5.32 Å². The van der Waals surface area contributed by atoms with Crippen LogP contribution < -0.4 is 5.32 Å². The fourth-order valence-electron chi connectivity index (χ4n) is 1.28. The van der Waals surface area contributed by atoms with E-state index in [1.54, 1.807) is 17.5 Å². The van der Waals surface area contributed by atoms with E-state index < -0.39 is 4.92 Å². The first-order chi connectivity index (χ1) is 8.15. The Morgan fingerprint density at radius 2 is 2.35 bits per heavy atom. The van der Waals surface area contributed by atoms with Crippen LogP contribution in [-0.4, -0.2) is 14.9 Å². The highest BCUT2D eigenvalue weighted by Gasteiger charge is 2.06. The van der Waals surface area contributed by atoms with Gasteiger partial charge in [-0.15, -0.1) is 11.3 Å². The van der Waals surface area contributed by atoms with Crippen molar-refractivity contribution in [3.05, 3.63) is 44.5 Å². The van der Waals surface area contributed by atoms with Gasteiger partial charge in [0.1, 0.15) is 10.8 Å². The Morgan fingerprint density at radius 1 is 1.53 bits per heavy atom. The van der Waals surface area contributed by atoms with Crippen molar-refractivity contribution < 1.29 is 4.92 Å². The molecule has 2 heterocycles. The van der Waals surface area contributed by atoms with Crippen LogP contribution in [0.25, 0.3) is 0 Å². The number of nitro groups is 1. The first-order valence-electron chi connectivity index (χ1n) is 4.91. The van der Waals surface area contributed by atoms with Crippen molar-refractivity contribution in [2.45, 2.75) is 13.5 Å². The van der Waals surface area contributed by atoms with Gasteiger partial charge in [0.2, 0.25) is 0 Å². The summed E-state index contributed by atoms with van der Waals surface area (Å²) in [6, 6.07) is 2.76.